The Labute approximate surface area is 104 Å². The second-order valence-corrected chi connectivity index (χ2v) is 5.26. The van der Waals surface area contributed by atoms with Crippen LogP contribution in [0.15, 0.2) is 0 Å². The van der Waals surface area contributed by atoms with Crippen LogP contribution in [0.2, 0.25) is 0 Å². The van der Waals surface area contributed by atoms with Crippen LogP contribution in [-0.4, -0.2) is 23.9 Å². The van der Waals surface area contributed by atoms with Crippen LogP contribution in [-0.2, 0) is 9.53 Å². The molecular formula is C12H23NO2S. The second kappa shape index (κ2) is 5.92. The fraction of sp³-hybridized carbons (Fsp3) is 0.917. The lowest BCUT2D eigenvalue weighted by Crippen LogP contribution is -2.46. The predicted octanol–water partition coefficient (Wildman–Crippen LogP) is 2.15. The summed E-state index contributed by atoms with van der Waals surface area (Å²) < 4.78 is 5.21. The van der Waals surface area contributed by atoms with E-state index >= 15 is 0 Å². The minimum Gasteiger partial charge on any atom is -0.466 e. The molecule has 0 aromatic rings. The van der Waals surface area contributed by atoms with Gasteiger partial charge in [0.1, 0.15) is 0 Å². The number of nitrogens with two attached hydrogens (primary N) is 1. The van der Waals surface area contributed by atoms with E-state index in [1.807, 2.05) is 6.92 Å². The fourth-order valence-corrected chi connectivity index (χ4v) is 2.86. The van der Waals surface area contributed by atoms with Crippen molar-refractivity contribution in [2.45, 2.75) is 57.2 Å². The molecule has 1 rings (SSSR count). The maximum absolute atomic E-state index is 12.1. The molecule has 0 aromatic heterocycles. The highest BCUT2D eigenvalue weighted by atomic mass is 32.1. The van der Waals surface area contributed by atoms with Gasteiger partial charge in [0.15, 0.2) is 0 Å². The highest BCUT2D eigenvalue weighted by molar-refractivity contribution is 7.81. The zero-order valence-corrected chi connectivity index (χ0v) is 11.1. The molecule has 0 amide bonds. The van der Waals surface area contributed by atoms with E-state index in [0.717, 1.165) is 32.1 Å². The zero-order chi connectivity index (χ0) is 12.2. The van der Waals surface area contributed by atoms with E-state index in [1.165, 1.54) is 0 Å². The van der Waals surface area contributed by atoms with Crippen LogP contribution in [0.3, 0.4) is 0 Å². The number of thiol groups is 1. The van der Waals surface area contributed by atoms with E-state index in [2.05, 4.69) is 19.6 Å². The topological polar surface area (TPSA) is 52.3 Å². The third kappa shape index (κ3) is 2.72. The summed E-state index contributed by atoms with van der Waals surface area (Å²) in [6.07, 6.45) is 4.31. The lowest BCUT2D eigenvalue weighted by Gasteiger charge is -2.40. The van der Waals surface area contributed by atoms with Gasteiger partial charge in [0.05, 0.1) is 12.0 Å². The van der Waals surface area contributed by atoms with Crippen molar-refractivity contribution in [1.82, 2.24) is 0 Å². The third-order valence-electron chi connectivity index (χ3n) is 3.63. The number of rotatable bonds is 4. The molecule has 0 bridgehead atoms. The summed E-state index contributed by atoms with van der Waals surface area (Å²) in [7, 11) is 0. The van der Waals surface area contributed by atoms with Gasteiger partial charge >= 0.3 is 5.97 Å². The molecule has 2 N–H and O–H groups in total. The van der Waals surface area contributed by atoms with Crippen molar-refractivity contribution in [2.24, 2.45) is 11.1 Å². The van der Waals surface area contributed by atoms with Gasteiger partial charge < -0.3 is 10.5 Å². The minimum absolute atomic E-state index is 0.0799. The second-order valence-electron chi connectivity index (χ2n) is 4.64. The quantitative estimate of drug-likeness (QED) is 0.589. The molecule has 1 saturated carbocycles. The normalized spacial score (nSPS) is 32.1. The minimum atomic E-state index is -0.399. The summed E-state index contributed by atoms with van der Waals surface area (Å²) in [6, 6.07) is 0.236. The third-order valence-corrected chi connectivity index (χ3v) is 4.49. The molecule has 0 aliphatic heterocycles. The average molecular weight is 245 g/mol. The Kier molecular flexibility index (Phi) is 5.12. The van der Waals surface area contributed by atoms with Gasteiger partial charge in [-0.1, -0.05) is 6.92 Å². The first-order valence-corrected chi connectivity index (χ1v) is 6.69. The fourth-order valence-electron chi connectivity index (χ4n) is 2.49. The summed E-state index contributed by atoms with van der Waals surface area (Å²) in [5, 5.41) is 0.0825. The van der Waals surface area contributed by atoms with Crippen molar-refractivity contribution < 1.29 is 9.53 Å². The first kappa shape index (κ1) is 13.8. The van der Waals surface area contributed by atoms with Crippen LogP contribution < -0.4 is 5.73 Å². The van der Waals surface area contributed by atoms with Crippen molar-refractivity contribution in [1.29, 1.82) is 0 Å². The maximum Gasteiger partial charge on any atom is 0.313 e. The van der Waals surface area contributed by atoms with Crippen molar-refractivity contribution in [3.05, 3.63) is 0 Å². The molecule has 0 saturated heterocycles. The molecule has 0 heterocycles. The number of carbonyl (C=O) groups is 1. The van der Waals surface area contributed by atoms with E-state index in [1.54, 1.807) is 0 Å². The highest BCUT2D eigenvalue weighted by Gasteiger charge is 2.46. The van der Waals surface area contributed by atoms with Crippen LogP contribution in [0.25, 0.3) is 0 Å². The Morgan fingerprint density at radius 2 is 2.06 bits per heavy atom. The Morgan fingerprint density at radius 1 is 1.50 bits per heavy atom. The van der Waals surface area contributed by atoms with E-state index in [0.29, 0.717) is 6.61 Å². The molecule has 0 aromatic carbocycles. The molecule has 4 heteroatoms. The van der Waals surface area contributed by atoms with Crippen LogP contribution in [0, 0.1) is 5.41 Å². The van der Waals surface area contributed by atoms with E-state index in [9.17, 15) is 4.79 Å². The van der Waals surface area contributed by atoms with Gasteiger partial charge in [-0.25, -0.2) is 0 Å². The molecule has 1 unspecified atom stereocenters. The number of hydrogen-bond acceptors (Lipinski definition) is 4. The van der Waals surface area contributed by atoms with Crippen LogP contribution in [0.4, 0.5) is 0 Å². The lowest BCUT2D eigenvalue weighted by atomic mass is 9.69. The van der Waals surface area contributed by atoms with Gasteiger partial charge in [0.25, 0.3) is 0 Å². The Bertz CT molecular complexity index is 237. The van der Waals surface area contributed by atoms with Gasteiger partial charge in [0.2, 0.25) is 0 Å². The number of carbonyl (C=O) groups excluding carboxylic acids is 1. The van der Waals surface area contributed by atoms with Crippen molar-refractivity contribution in [2.75, 3.05) is 6.61 Å². The standard InChI is InChI=1S/C12H23NO2S/c1-3-10(16)12(11(14)15-4-2)7-5-9(13)6-8-12/h9-10,16H,3-8,13H2,1-2H3. The van der Waals surface area contributed by atoms with Crippen molar-refractivity contribution >= 4 is 18.6 Å². The molecule has 1 fully saturated rings. The van der Waals surface area contributed by atoms with Crippen molar-refractivity contribution in [3.8, 4) is 0 Å². The predicted molar refractivity (Wildman–Crippen MR) is 68.6 cm³/mol. The van der Waals surface area contributed by atoms with E-state index in [-0.39, 0.29) is 17.3 Å². The van der Waals surface area contributed by atoms with Crippen LogP contribution in [0.1, 0.15) is 46.0 Å². The number of hydrogen-bond donors (Lipinski definition) is 2. The monoisotopic (exact) mass is 245 g/mol. The highest BCUT2D eigenvalue weighted by Crippen LogP contribution is 2.43. The lowest BCUT2D eigenvalue weighted by molar-refractivity contribution is -0.157. The molecule has 1 aliphatic carbocycles. The summed E-state index contributed by atoms with van der Waals surface area (Å²) in [6.45, 7) is 4.35. The van der Waals surface area contributed by atoms with Gasteiger partial charge in [-0.2, -0.15) is 12.6 Å². The molecular weight excluding hydrogens is 222 g/mol. The first-order valence-electron chi connectivity index (χ1n) is 6.17. The SMILES string of the molecule is CCOC(=O)C1(C(S)CC)CCC(N)CC1. The molecule has 16 heavy (non-hydrogen) atoms. The zero-order valence-electron chi connectivity index (χ0n) is 10.2. The summed E-state index contributed by atoms with van der Waals surface area (Å²) in [5.74, 6) is -0.0799. The summed E-state index contributed by atoms with van der Waals surface area (Å²) in [5.41, 5.74) is 5.50. The van der Waals surface area contributed by atoms with E-state index < -0.39 is 5.41 Å². The summed E-state index contributed by atoms with van der Waals surface area (Å²) >= 11 is 4.58. The summed E-state index contributed by atoms with van der Waals surface area (Å²) in [4.78, 5) is 12.1. The number of esters is 1. The molecule has 94 valence electrons. The number of ether oxygens (including phenoxy) is 1. The Balaban J connectivity index is 2.80. The van der Waals surface area contributed by atoms with Gasteiger partial charge in [-0.15, -0.1) is 0 Å². The molecule has 1 aliphatic rings. The molecule has 1 atom stereocenters. The van der Waals surface area contributed by atoms with Crippen LogP contribution >= 0.6 is 12.6 Å². The molecule has 3 nitrogen and oxygen atoms in total. The van der Waals surface area contributed by atoms with Gasteiger partial charge in [-0.3, -0.25) is 4.79 Å². The Morgan fingerprint density at radius 3 is 2.50 bits per heavy atom. The van der Waals surface area contributed by atoms with Gasteiger partial charge in [0, 0.05) is 11.3 Å². The van der Waals surface area contributed by atoms with Crippen molar-refractivity contribution in [3.63, 3.8) is 0 Å². The first-order chi connectivity index (χ1) is 7.56. The average Bonchev–Trinajstić information content (AvgIpc) is 2.29. The smallest absolute Gasteiger partial charge is 0.313 e. The largest absolute Gasteiger partial charge is 0.466 e. The van der Waals surface area contributed by atoms with E-state index in [4.69, 9.17) is 10.5 Å². The molecule has 0 spiro atoms. The maximum atomic E-state index is 12.1. The van der Waals surface area contributed by atoms with Gasteiger partial charge in [-0.05, 0) is 39.0 Å². The molecule has 0 radical (unpaired) electrons. The Hall–Kier alpha value is -0.220. The van der Waals surface area contributed by atoms with Crippen LogP contribution in [0.5, 0.6) is 0 Å².